The molecule has 5 heteroatoms. The summed E-state index contributed by atoms with van der Waals surface area (Å²) in [6.07, 6.45) is 3.15. The predicted octanol–water partition coefficient (Wildman–Crippen LogP) is 3.35. The van der Waals surface area contributed by atoms with Crippen LogP contribution in [0.2, 0.25) is 0 Å². The summed E-state index contributed by atoms with van der Waals surface area (Å²) in [6, 6.07) is 7.49. The number of hydrogen-bond donors (Lipinski definition) is 1. The molecule has 0 saturated carbocycles. The van der Waals surface area contributed by atoms with Gasteiger partial charge in [0.15, 0.2) is 11.2 Å². The van der Waals surface area contributed by atoms with Crippen LogP contribution in [0.1, 0.15) is 50.0 Å². The van der Waals surface area contributed by atoms with E-state index in [2.05, 4.69) is 13.8 Å². The highest BCUT2D eigenvalue weighted by Crippen LogP contribution is 2.43. The zero-order valence-electron chi connectivity index (χ0n) is 16.0. The average Bonchev–Trinajstić information content (AvgIpc) is 2.91. The molecule has 138 valence electrons. The highest BCUT2D eigenvalue weighted by atomic mass is 16.5. The first-order chi connectivity index (χ1) is 12.7. The molecular weight excluding hydrogens is 340 g/mol. The fraction of sp³-hybridized carbons (Fsp3) is 0.364. The van der Waals surface area contributed by atoms with E-state index in [0.717, 1.165) is 17.0 Å². The molecule has 0 atom stereocenters. The van der Waals surface area contributed by atoms with Crippen molar-refractivity contribution in [3.63, 3.8) is 0 Å². The number of carbonyl (C=O) groups is 1. The van der Waals surface area contributed by atoms with E-state index in [9.17, 15) is 10.0 Å². The number of Topliss-reactive ketones (excluding diaryl/α,β-unsaturated/α-hetero) is 1. The summed E-state index contributed by atoms with van der Waals surface area (Å²) in [5.74, 6) is 0.111. The van der Waals surface area contributed by atoms with E-state index in [0.29, 0.717) is 40.6 Å². The minimum Gasteiger partial charge on any atom is -0.454 e. The first-order valence-corrected chi connectivity index (χ1v) is 9.28. The largest absolute Gasteiger partial charge is 0.454 e. The van der Waals surface area contributed by atoms with Crippen molar-refractivity contribution >= 4 is 34.6 Å². The molecular formula is C22H22N2O3. The van der Waals surface area contributed by atoms with Crippen LogP contribution in [-0.2, 0) is 6.42 Å². The van der Waals surface area contributed by atoms with Crippen molar-refractivity contribution in [1.29, 1.82) is 0 Å². The van der Waals surface area contributed by atoms with Gasteiger partial charge in [-0.3, -0.25) is 10.0 Å². The Balaban J connectivity index is 1.91. The molecule has 1 aliphatic heterocycles. The SMILES string of the molecule is CC1(C)C=c2oc3c(c2C(=O)C1)CC(C)(C)C1=Nc2ccccc2N(O)C=31. The van der Waals surface area contributed by atoms with Gasteiger partial charge in [-0.15, -0.1) is 0 Å². The number of ketones is 1. The number of benzene rings is 1. The molecule has 1 aromatic carbocycles. The third kappa shape index (κ3) is 2.21. The van der Waals surface area contributed by atoms with Crippen molar-refractivity contribution in [2.75, 3.05) is 5.06 Å². The molecule has 3 aliphatic rings. The van der Waals surface area contributed by atoms with E-state index in [1.165, 1.54) is 5.06 Å². The summed E-state index contributed by atoms with van der Waals surface area (Å²) in [7, 11) is 0. The number of anilines is 1. The van der Waals surface area contributed by atoms with E-state index in [1.807, 2.05) is 44.2 Å². The fourth-order valence-electron chi connectivity index (χ4n) is 4.49. The molecule has 2 heterocycles. The van der Waals surface area contributed by atoms with Gasteiger partial charge in [-0.1, -0.05) is 39.8 Å². The van der Waals surface area contributed by atoms with Crippen LogP contribution in [0.25, 0.3) is 11.8 Å². The normalized spacial score (nSPS) is 21.5. The lowest BCUT2D eigenvalue weighted by atomic mass is 9.73. The van der Waals surface area contributed by atoms with Crippen LogP contribution < -0.4 is 15.9 Å². The van der Waals surface area contributed by atoms with Gasteiger partial charge in [0, 0.05) is 17.4 Å². The number of para-hydroxylation sites is 2. The van der Waals surface area contributed by atoms with Crippen molar-refractivity contribution in [2.45, 2.75) is 40.5 Å². The van der Waals surface area contributed by atoms with Crippen LogP contribution in [0.3, 0.4) is 0 Å². The van der Waals surface area contributed by atoms with Gasteiger partial charge in [0.2, 0.25) is 0 Å². The maximum atomic E-state index is 12.9. The topological polar surface area (TPSA) is 66.0 Å². The van der Waals surface area contributed by atoms with Crippen LogP contribution in [0.15, 0.2) is 33.7 Å². The first kappa shape index (κ1) is 16.5. The van der Waals surface area contributed by atoms with Crippen LogP contribution >= 0.6 is 0 Å². The number of hydroxylamine groups is 1. The summed E-state index contributed by atoms with van der Waals surface area (Å²) in [5.41, 5.74) is 4.87. The average molecular weight is 362 g/mol. The quantitative estimate of drug-likeness (QED) is 0.781. The maximum Gasteiger partial charge on any atom is 0.167 e. The van der Waals surface area contributed by atoms with Gasteiger partial charge in [0.1, 0.15) is 11.1 Å². The van der Waals surface area contributed by atoms with Crippen LogP contribution in [0.4, 0.5) is 11.4 Å². The van der Waals surface area contributed by atoms with Gasteiger partial charge >= 0.3 is 0 Å². The molecule has 5 rings (SSSR count). The highest BCUT2D eigenvalue weighted by molar-refractivity contribution is 6.27. The Hall–Kier alpha value is -2.66. The van der Waals surface area contributed by atoms with E-state index >= 15 is 0 Å². The lowest BCUT2D eigenvalue weighted by Crippen LogP contribution is -2.44. The molecule has 0 amide bonds. The first-order valence-electron chi connectivity index (χ1n) is 9.28. The minimum atomic E-state index is -0.332. The third-order valence-electron chi connectivity index (χ3n) is 5.70. The number of aliphatic imine (C=N–C) groups is 1. The summed E-state index contributed by atoms with van der Waals surface area (Å²) < 4.78 is 6.19. The Morgan fingerprint density at radius 3 is 2.67 bits per heavy atom. The zero-order valence-corrected chi connectivity index (χ0v) is 16.0. The Kier molecular flexibility index (Phi) is 3.05. The second kappa shape index (κ2) is 4.98. The number of rotatable bonds is 0. The molecule has 1 aromatic heterocycles. The number of fused-ring (bicyclic) bond motifs is 5. The monoisotopic (exact) mass is 362 g/mol. The van der Waals surface area contributed by atoms with Gasteiger partial charge in [0.05, 0.1) is 22.6 Å². The van der Waals surface area contributed by atoms with Crippen LogP contribution in [0, 0.1) is 10.8 Å². The molecule has 0 bridgehead atoms. The second-order valence-corrected chi connectivity index (χ2v) is 9.05. The fourth-order valence-corrected chi connectivity index (χ4v) is 4.49. The van der Waals surface area contributed by atoms with Crippen molar-refractivity contribution in [3.8, 4) is 0 Å². The lowest BCUT2D eigenvalue weighted by Gasteiger charge is -2.37. The molecule has 0 spiro atoms. The van der Waals surface area contributed by atoms with Crippen molar-refractivity contribution < 1.29 is 14.4 Å². The van der Waals surface area contributed by atoms with Crippen molar-refractivity contribution in [3.05, 3.63) is 46.2 Å². The predicted molar refractivity (Wildman–Crippen MR) is 104 cm³/mol. The number of nitrogens with zero attached hydrogens (tertiary/aromatic N) is 2. The highest BCUT2D eigenvalue weighted by Gasteiger charge is 2.43. The van der Waals surface area contributed by atoms with E-state index in [-0.39, 0.29) is 16.6 Å². The molecule has 0 fully saturated rings. The Labute approximate surface area is 157 Å². The Morgan fingerprint density at radius 2 is 1.89 bits per heavy atom. The van der Waals surface area contributed by atoms with Crippen LogP contribution in [-0.4, -0.2) is 16.7 Å². The lowest BCUT2D eigenvalue weighted by molar-refractivity contribution is 0.0945. The minimum absolute atomic E-state index is 0.111. The summed E-state index contributed by atoms with van der Waals surface area (Å²) in [4.78, 5) is 17.7. The zero-order chi connectivity index (χ0) is 19.1. The third-order valence-corrected chi connectivity index (χ3v) is 5.70. The van der Waals surface area contributed by atoms with Gasteiger partial charge in [-0.25, -0.2) is 10.1 Å². The Bertz CT molecular complexity index is 1160. The van der Waals surface area contributed by atoms with E-state index in [4.69, 9.17) is 9.41 Å². The molecule has 27 heavy (non-hydrogen) atoms. The summed E-state index contributed by atoms with van der Waals surface area (Å²) >= 11 is 0. The Morgan fingerprint density at radius 1 is 1.15 bits per heavy atom. The molecule has 0 radical (unpaired) electrons. The van der Waals surface area contributed by atoms with Gasteiger partial charge in [-0.2, -0.15) is 0 Å². The van der Waals surface area contributed by atoms with Gasteiger partial charge in [-0.05, 0) is 30.0 Å². The second-order valence-electron chi connectivity index (χ2n) is 9.05. The van der Waals surface area contributed by atoms with Gasteiger partial charge < -0.3 is 4.42 Å². The van der Waals surface area contributed by atoms with Crippen molar-refractivity contribution in [2.24, 2.45) is 15.8 Å². The number of furan rings is 1. The molecule has 1 N–H and O–H groups in total. The molecule has 5 nitrogen and oxygen atoms in total. The number of hydrogen-bond acceptors (Lipinski definition) is 5. The maximum absolute atomic E-state index is 12.9. The molecule has 2 aromatic rings. The van der Waals surface area contributed by atoms with Gasteiger partial charge in [0.25, 0.3) is 0 Å². The molecule has 2 aliphatic carbocycles. The number of carbonyl (C=O) groups excluding carboxylic acids is 1. The smallest absolute Gasteiger partial charge is 0.167 e. The standard InChI is InChI=1S/C22H22N2O3/c1-21(2)10-15(25)17-12-9-22(3,4)20-18(19(12)27-16(17)11-21)24(26)14-8-6-5-7-13(14)23-20/h5-8,11,26H,9-10H2,1-4H3. The van der Waals surface area contributed by atoms with E-state index in [1.54, 1.807) is 0 Å². The van der Waals surface area contributed by atoms with Crippen molar-refractivity contribution in [1.82, 2.24) is 0 Å². The summed E-state index contributed by atoms with van der Waals surface area (Å²) in [6.45, 7) is 8.26. The summed E-state index contributed by atoms with van der Waals surface area (Å²) in [5, 5.41) is 12.2. The molecule has 0 unspecified atom stereocenters. The van der Waals surface area contributed by atoms with E-state index < -0.39 is 0 Å². The molecule has 0 saturated heterocycles. The van der Waals surface area contributed by atoms with Crippen LogP contribution in [0.5, 0.6) is 0 Å².